The highest BCUT2D eigenvalue weighted by atomic mass is 79.9. The molecular formula is C11H11BrClN3. The van der Waals surface area contributed by atoms with Gasteiger partial charge in [0.15, 0.2) is 5.82 Å². The Kier molecular flexibility index (Phi) is 3.04. The molecule has 2 heterocycles. The van der Waals surface area contributed by atoms with Gasteiger partial charge in [-0.25, -0.2) is 9.67 Å². The van der Waals surface area contributed by atoms with Crippen LogP contribution < -0.4 is 0 Å². The van der Waals surface area contributed by atoms with Gasteiger partial charge < -0.3 is 0 Å². The molecule has 0 N–H and O–H groups in total. The highest BCUT2D eigenvalue weighted by Crippen LogP contribution is 2.23. The van der Waals surface area contributed by atoms with E-state index in [1.807, 2.05) is 32.9 Å². The second kappa shape index (κ2) is 4.18. The van der Waals surface area contributed by atoms with Crippen molar-refractivity contribution in [2.75, 3.05) is 0 Å². The highest BCUT2D eigenvalue weighted by molar-refractivity contribution is 9.10. The maximum absolute atomic E-state index is 6.10. The van der Waals surface area contributed by atoms with Gasteiger partial charge in [-0.1, -0.05) is 11.6 Å². The van der Waals surface area contributed by atoms with Gasteiger partial charge in [-0.3, -0.25) is 0 Å². The molecule has 0 amide bonds. The van der Waals surface area contributed by atoms with Crippen LogP contribution in [0.25, 0.3) is 5.82 Å². The number of hydrogen-bond donors (Lipinski definition) is 0. The number of nitrogens with zero attached hydrogens (tertiary/aromatic N) is 3. The summed E-state index contributed by atoms with van der Waals surface area (Å²) in [7, 11) is 0. The molecule has 0 unspecified atom stereocenters. The molecule has 0 bridgehead atoms. The molecule has 16 heavy (non-hydrogen) atoms. The SMILES string of the molecule is Cc1nc(-n2nc(C)c(Cl)c2C)ccc1Br. The van der Waals surface area contributed by atoms with Crippen molar-refractivity contribution in [2.45, 2.75) is 20.8 Å². The Bertz CT molecular complexity index is 548. The molecule has 0 aliphatic carbocycles. The minimum absolute atomic E-state index is 0.697. The van der Waals surface area contributed by atoms with Gasteiger partial charge in [0, 0.05) is 4.47 Å². The summed E-state index contributed by atoms with van der Waals surface area (Å²) in [5.74, 6) is 0.785. The molecule has 0 aliphatic rings. The summed E-state index contributed by atoms with van der Waals surface area (Å²) < 4.78 is 2.75. The number of rotatable bonds is 1. The van der Waals surface area contributed by atoms with Gasteiger partial charge in [0.05, 0.1) is 22.1 Å². The van der Waals surface area contributed by atoms with Crippen LogP contribution in [0.15, 0.2) is 16.6 Å². The lowest BCUT2D eigenvalue weighted by molar-refractivity contribution is 0.800. The van der Waals surface area contributed by atoms with Crippen LogP contribution in [0.1, 0.15) is 17.1 Å². The minimum atomic E-state index is 0.697. The van der Waals surface area contributed by atoms with Gasteiger partial charge in [0.1, 0.15) is 0 Å². The Morgan fingerprint density at radius 2 is 1.88 bits per heavy atom. The second-order valence-electron chi connectivity index (χ2n) is 3.63. The molecule has 0 aromatic carbocycles. The largest absolute Gasteiger partial charge is 0.233 e. The van der Waals surface area contributed by atoms with Crippen molar-refractivity contribution < 1.29 is 0 Å². The van der Waals surface area contributed by atoms with Crippen LogP contribution in [0, 0.1) is 20.8 Å². The predicted molar refractivity (Wildman–Crippen MR) is 68.3 cm³/mol. The second-order valence-corrected chi connectivity index (χ2v) is 4.87. The van der Waals surface area contributed by atoms with Crippen LogP contribution in [-0.2, 0) is 0 Å². The number of pyridine rings is 1. The average Bonchev–Trinajstić information content (AvgIpc) is 2.50. The normalized spacial score (nSPS) is 10.8. The summed E-state index contributed by atoms with van der Waals surface area (Å²) in [4.78, 5) is 4.45. The molecule has 84 valence electrons. The summed E-state index contributed by atoms with van der Waals surface area (Å²) in [5.41, 5.74) is 2.66. The number of aromatic nitrogens is 3. The number of halogens is 2. The molecule has 3 nitrogen and oxygen atoms in total. The maximum atomic E-state index is 6.10. The molecule has 0 atom stereocenters. The van der Waals surface area contributed by atoms with Crippen molar-refractivity contribution in [1.29, 1.82) is 0 Å². The van der Waals surface area contributed by atoms with Crippen molar-refractivity contribution >= 4 is 27.5 Å². The zero-order valence-corrected chi connectivity index (χ0v) is 11.6. The average molecular weight is 301 g/mol. The van der Waals surface area contributed by atoms with E-state index in [1.165, 1.54) is 0 Å². The van der Waals surface area contributed by atoms with Gasteiger partial charge >= 0.3 is 0 Å². The van der Waals surface area contributed by atoms with E-state index >= 15 is 0 Å². The van der Waals surface area contributed by atoms with Gasteiger partial charge in [-0.05, 0) is 48.8 Å². The number of hydrogen-bond acceptors (Lipinski definition) is 2. The van der Waals surface area contributed by atoms with Crippen molar-refractivity contribution in [3.8, 4) is 5.82 Å². The topological polar surface area (TPSA) is 30.7 Å². The number of aryl methyl sites for hydroxylation is 2. The summed E-state index contributed by atoms with van der Waals surface area (Å²) >= 11 is 9.52. The fourth-order valence-electron chi connectivity index (χ4n) is 1.50. The standard InChI is InChI=1S/C11H11BrClN3/c1-6-9(12)4-5-10(14-6)16-8(3)11(13)7(2)15-16/h4-5H,1-3H3. The molecule has 2 aromatic rings. The van der Waals surface area contributed by atoms with E-state index in [0.29, 0.717) is 5.02 Å². The fraction of sp³-hybridized carbons (Fsp3) is 0.273. The van der Waals surface area contributed by atoms with E-state index in [1.54, 1.807) is 4.68 Å². The fourth-order valence-corrected chi connectivity index (χ4v) is 1.83. The van der Waals surface area contributed by atoms with Crippen molar-refractivity contribution in [3.05, 3.63) is 38.7 Å². The zero-order valence-electron chi connectivity index (χ0n) is 9.25. The summed E-state index contributed by atoms with van der Waals surface area (Å²) in [6.07, 6.45) is 0. The first-order chi connectivity index (χ1) is 7.50. The van der Waals surface area contributed by atoms with E-state index in [0.717, 1.165) is 27.4 Å². The molecule has 0 saturated heterocycles. The Hall–Kier alpha value is -0.870. The van der Waals surface area contributed by atoms with E-state index in [2.05, 4.69) is 26.0 Å². The van der Waals surface area contributed by atoms with E-state index in [-0.39, 0.29) is 0 Å². The third-order valence-corrected chi connectivity index (χ3v) is 3.81. The molecule has 0 saturated carbocycles. The molecule has 2 rings (SSSR count). The molecule has 0 fully saturated rings. The molecule has 2 aromatic heterocycles. The Morgan fingerprint density at radius 3 is 2.38 bits per heavy atom. The van der Waals surface area contributed by atoms with Crippen LogP contribution in [-0.4, -0.2) is 14.8 Å². The lowest BCUT2D eigenvalue weighted by atomic mass is 10.3. The van der Waals surface area contributed by atoms with Gasteiger partial charge in [-0.2, -0.15) is 5.10 Å². The smallest absolute Gasteiger partial charge is 0.154 e. The van der Waals surface area contributed by atoms with Gasteiger partial charge in [-0.15, -0.1) is 0 Å². The first-order valence-corrected chi connectivity index (χ1v) is 6.03. The summed E-state index contributed by atoms with van der Waals surface area (Å²) in [6, 6.07) is 3.87. The molecule has 5 heteroatoms. The molecule has 0 spiro atoms. The zero-order chi connectivity index (χ0) is 11.9. The third-order valence-electron chi connectivity index (χ3n) is 2.43. The molecule has 0 aliphatic heterocycles. The van der Waals surface area contributed by atoms with Gasteiger partial charge in [0.25, 0.3) is 0 Å². The summed E-state index contributed by atoms with van der Waals surface area (Å²) in [6.45, 7) is 5.76. The van der Waals surface area contributed by atoms with E-state index in [4.69, 9.17) is 11.6 Å². The van der Waals surface area contributed by atoms with Crippen LogP contribution >= 0.6 is 27.5 Å². The highest BCUT2D eigenvalue weighted by Gasteiger charge is 2.11. The molecule has 0 radical (unpaired) electrons. The van der Waals surface area contributed by atoms with Crippen molar-refractivity contribution in [2.24, 2.45) is 0 Å². The minimum Gasteiger partial charge on any atom is -0.233 e. The first kappa shape index (κ1) is 11.6. The third kappa shape index (κ3) is 1.87. The lowest BCUT2D eigenvalue weighted by Gasteiger charge is -2.05. The maximum Gasteiger partial charge on any atom is 0.154 e. The van der Waals surface area contributed by atoms with Crippen LogP contribution in [0.3, 0.4) is 0 Å². The Balaban J connectivity index is 2.59. The quantitative estimate of drug-likeness (QED) is 0.805. The van der Waals surface area contributed by atoms with Crippen molar-refractivity contribution in [3.63, 3.8) is 0 Å². The van der Waals surface area contributed by atoms with Crippen molar-refractivity contribution in [1.82, 2.24) is 14.8 Å². The monoisotopic (exact) mass is 299 g/mol. The molecular weight excluding hydrogens is 289 g/mol. The summed E-state index contributed by atoms with van der Waals surface area (Å²) in [5, 5.41) is 5.05. The Labute approximate surface area is 108 Å². The lowest BCUT2D eigenvalue weighted by Crippen LogP contribution is -2.02. The van der Waals surface area contributed by atoms with Crippen LogP contribution in [0.5, 0.6) is 0 Å². The van der Waals surface area contributed by atoms with Crippen LogP contribution in [0.2, 0.25) is 5.02 Å². The van der Waals surface area contributed by atoms with E-state index < -0.39 is 0 Å². The predicted octanol–water partition coefficient (Wildman–Crippen LogP) is 3.61. The van der Waals surface area contributed by atoms with Gasteiger partial charge in [0.2, 0.25) is 0 Å². The van der Waals surface area contributed by atoms with Crippen LogP contribution in [0.4, 0.5) is 0 Å². The Morgan fingerprint density at radius 1 is 1.19 bits per heavy atom. The first-order valence-electron chi connectivity index (χ1n) is 4.86. The van der Waals surface area contributed by atoms with E-state index in [9.17, 15) is 0 Å².